The van der Waals surface area contributed by atoms with E-state index in [9.17, 15) is 9.59 Å². The van der Waals surface area contributed by atoms with Crippen LogP contribution >= 0.6 is 0 Å². The molecule has 0 unspecified atom stereocenters. The topological polar surface area (TPSA) is 82.7 Å². The summed E-state index contributed by atoms with van der Waals surface area (Å²) in [4.78, 5) is 38.7. The Balaban J connectivity index is 1.80. The minimum absolute atomic E-state index is 0.245. The summed E-state index contributed by atoms with van der Waals surface area (Å²) < 4.78 is 2.96. The van der Waals surface area contributed by atoms with Gasteiger partial charge < -0.3 is 0 Å². The zero-order chi connectivity index (χ0) is 19.1. The first-order chi connectivity index (χ1) is 13.7. The summed E-state index contributed by atoms with van der Waals surface area (Å²) in [6.45, 7) is 0. The third-order valence-corrected chi connectivity index (χ3v) is 4.58. The van der Waals surface area contributed by atoms with E-state index < -0.39 is 0 Å². The van der Waals surface area contributed by atoms with Crippen molar-refractivity contribution in [2.75, 3.05) is 0 Å². The third kappa shape index (κ3) is 2.49. The lowest BCUT2D eigenvalue weighted by molar-refractivity contribution is 0.953. The lowest BCUT2D eigenvalue weighted by atomic mass is 10.2. The smallest absolute Gasteiger partial charge is 0.265 e. The second-order valence-corrected chi connectivity index (χ2v) is 6.23. The maximum Gasteiger partial charge on any atom is 0.265 e. The highest BCUT2D eigenvalue weighted by Crippen LogP contribution is 2.16. The van der Waals surface area contributed by atoms with Crippen LogP contribution in [0.25, 0.3) is 33.3 Å². The molecule has 0 saturated heterocycles. The summed E-state index contributed by atoms with van der Waals surface area (Å²) in [5.74, 6) is 0.511. The molecule has 0 N–H and O–H groups in total. The predicted octanol–water partition coefficient (Wildman–Crippen LogP) is 2.48. The molecule has 0 bridgehead atoms. The average molecular weight is 367 g/mol. The van der Waals surface area contributed by atoms with E-state index in [1.807, 2.05) is 6.07 Å². The molecule has 5 aromatic rings. The van der Waals surface area contributed by atoms with Crippen LogP contribution in [-0.2, 0) is 0 Å². The lowest BCUT2D eigenvalue weighted by Gasteiger charge is -2.09. The van der Waals surface area contributed by atoms with E-state index in [4.69, 9.17) is 0 Å². The Morgan fingerprint density at radius 1 is 0.714 bits per heavy atom. The van der Waals surface area contributed by atoms with Gasteiger partial charge in [-0.15, -0.1) is 0 Å². The highest BCUT2D eigenvalue weighted by atomic mass is 16.1. The maximum atomic E-state index is 13.0. The van der Waals surface area contributed by atoms with Gasteiger partial charge in [-0.25, -0.2) is 9.97 Å². The Morgan fingerprint density at radius 2 is 1.39 bits per heavy atom. The zero-order valence-corrected chi connectivity index (χ0v) is 14.6. The number of pyridine rings is 5. The summed E-state index contributed by atoms with van der Waals surface area (Å²) in [6.07, 6.45) is 8.18. The van der Waals surface area contributed by atoms with E-state index in [2.05, 4.69) is 15.0 Å². The van der Waals surface area contributed by atoms with Crippen molar-refractivity contribution in [2.24, 2.45) is 0 Å². The van der Waals surface area contributed by atoms with Crippen molar-refractivity contribution < 1.29 is 0 Å². The molecular weight excluding hydrogens is 354 g/mol. The molecule has 7 nitrogen and oxygen atoms in total. The standard InChI is InChI=1S/C21H13N5O2/c27-20-15-13-16-18(7-12-26(21(16)28)19-3-1-2-8-23-19)24-17(15)6-11-25(20)14-4-9-22-10-5-14/h1-13H. The van der Waals surface area contributed by atoms with E-state index in [0.717, 1.165) is 0 Å². The third-order valence-electron chi connectivity index (χ3n) is 4.58. The molecule has 0 radical (unpaired) electrons. The molecular formula is C21H13N5O2. The van der Waals surface area contributed by atoms with Gasteiger partial charge in [-0.05, 0) is 42.5 Å². The fraction of sp³-hybridized carbons (Fsp3) is 0. The van der Waals surface area contributed by atoms with Crippen molar-refractivity contribution in [3.8, 4) is 11.5 Å². The van der Waals surface area contributed by atoms with Crippen LogP contribution in [0, 0.1) is 0 Å². The molecule has 5 aromatic heterocycles. The number of nitrogens with zero attached hydrogens (tertiary/aromatic N) is 5. The van der Waals surface area contributed by atoms with E-state index in [0.29, 0.717) is 33.3 Å². The monoisotopic (exact) mass is 367 g/mol. The fourth-order valence-electron chi connectivity index (χ4n) is 3.21. The van der Waals surface area contributed by atoms with Crippen LogP contribution in [0.1, 0.15) is 0 Å². The van der Waals surface area contributed by atoms with Gasteiger partial charge in [0, 0.05) is 31.0 Å². The van der Waals surface area contributed by atoms with Crippen molar-refractivity contribution >= 4 is 21.8 Å². The first kappa shape index (κ1) is 16.1. The molecule has 0 atom stereocenters. The summed E-state index contributed by atoms with van der Waals surface area (Å²) in [5, 5.41) is 0.743. The largest absolute Gasteiger partial charge is 0.284 e. The second kappa shape index (κ2) is 6.24. The molecule has 5 heterocycles. The molecule has 5 rings (SSSR count). The summed E-state index contributed by atoms with van der Waals surface area (Å²) in [5.41, 5.74) is 1.25. The number of rotatable bonds is 2. The quantitative estimate of drug-likeness (QED) is 0.448. The summed E-state index contributed by atoms with van der Waals surface area (Å²) >= 11 is 0. The molecule has 0 aliphatic heterocycles. The molecule has 0 amide bonds. The van der Waals surface area contributed by atoms with E-state index >= 15 is 0 Å². The number of fused-ring (bicyclic) bond motifs is 2. The molecule has 7 heteroatoms. The van der Waals surface area contributed by atoms with Crippen LogP contribution in [0.3, 0.4) is 0 Å². The highest BCUT2D eigenvalue weighted by molar-refractivity contribution is 5.91. The number of hydrogen-bond donors (Lipinski definition) is 0. The van der Waals surface area contributed by atoms with E-state index in [1.165, 1.54) is 9.13 Å². The lowest BCUT2D eigenvalue weighted by Crippen LogP contribution is -2.21. The van der Waals surface area contributed by atoms with Gasteiger partial charge in [0.1, 0.15) is 5.82 Å². The van der Waals surface area contributed by atoms with Crippen LogP contribution in [0.15, 0.2) is 89.1 Å². The van der Waals surface area contributed by atoms with Crippen molar-refractivity contribution in [3.63, 3.8) is 0 Å². The summed E-state index contributed by atoms with van der Waals surface area (Å²) in [6, 6.07) is 14.0. The van der Waals surface area contributed by atoms with Crippen LogP contribution < -0.4 is 11.1 Å². The molecule has 134 valence electrons. The fourth-order valence-corrected chi connectivity index (χ4v) is 3.21. The first-order valence-corrected chi connectivity index (χ1v) is 8.62. The van der Waals surface area contributed by atoms with Crippen LogP contribution in [0.4, 0.5) is 0 Å². The molecule has 0 aliphatic rings. The van der Waals surface area contributed by atoms with Crippen LogP contribution in [-0.4, -0.2) is 24.1 Å². The average Bonchev–Trinajstić information content (AvgIpc) is 2.75. The Bertz CT molecular complexity index is 1330. The normalized spacial score (nSPS) is 11.1. The first-order valence-electron chi connectivity index (χ1n) is 8.62. The van der Waals surface area contributed by atoms with Gasteiger partial charge in [0.2, 0.25) is 0 Å². The Kier molecular flexibility index (Phi) is 3.58. The predicted molar refractivity (Wildman–Crippen MR) is 106 cm³/mol. The Labute approximate surface area is 158 Å². The molecule has 0 aliphatic carbocycles. The van der Waals surface area contributed by atoms with Crippen molar-refractivity contribution in [1.29, 1.82) is 0 Å². The Hall–Kier alpha value is -4.13. The molecule has 0 aromatic carbocycles. The minimum Gasteiger partial charge on any atom is -0.284 e. The van der Waals surface area contributed by atoms with Crippen LogP contribution in [0.2, 0.25) is 0 Å². The molecule has 0 fully saturated rings. The van der Waals surface area contributed by atoms with Crippen molar-refractivity contribution in [3.05, 3.63) is 100 Å². The number of hydrogen-bond acceptors (Lipinski definition) is 5. The van der Waals surface area contributed by atoms with Gasteiger partial charge in [0.15, 0.2) is 0 Å². The van der Waals surface area contributed by atoms with E-state index in [-0.39, 0.29) is 11.1 Å². The number of aromatic nitrogens is 5. The van der Waals surface area contributed by atoms with Gasteiger partial charge in [-0.2, -0.15) is 0 Å². The van der Waals surface area contributed by atoms with Gasteiger partial charge in [-0.3, -0.25) is 23.7 Å². The maximum absolute atomic E-state index is 13.0. The zero-order valence-electron chi connectivity index (χ0n) is 14.6. The van der Waals surface area contributed by atoms with Crippen LogP contribution in [0.5, 0.6) is 0 Å². The molecule has 0 spiro atoms. The van der Waals surface area contributed by atoms with Gasteiger partial charge in [-0.1, -0.05) is 6.07 Å². The van der Waals surface area contributed by atoms with E-state index in [1.54, 1.807) is 73.4 Å². The van der Waals surface area contributed by atoms with Crippen molar-refractivity contribution in [2.45, 2.75) is 0 Å². The van der Waals surface area contributed by atoms with Gasteiger partial charge in [0.05, 0.1) is 27.5 Å². The SMILES string of the molecule is O=c1c2cc3c(=O)n(-c4ccccn4)ccc3nc2ccn1-c1ccncc1. The molecule has 0 saturated carbocycles. The van der Waals surface area contributed by atoms with Crippen molar-refractivity contribution in [1.82, 2.24) is 24.1 Å². The van der Waals surface area contributed by atoms with Gasteiger partial charge >= 0.3 is 0 Å². The summed E-state index contributed by atoms with van der Waals surface area (Å²) in [7, 11) is 0. The minimum atomic E-state index is -0.274. The molecule has 28 heavy (non-hydrogen) atoms. The highest BCUT2D eigenvalue weighted by Gasteiger charge is 2.11. The Morgan fingerprint density at radius 3 is 2.07 bits per heavy atom. The second-order valence-electron chi connectivity index (χ2n) is 6.23. The van der Waals surface area contributed by atoms with Gasteiger partial charge in [0.25, 0.3) is 11.1 Å².